The lowest BCUT2D eigenvalue weighted by Crippen LogP contribution is -2.16. The van der Waals surface area contributed by atoms with Crippen LogP contribution in [0, 0.1) is 0 Å². The normalized spacial score (nSPS) is 11.0. The van der Waals surface area contributed by atoms with E-state index in [4.69, 9.17) is 5.84 Å². The monoisotopic (exact) mass is 406 g/mol. The van der Waals surface area contributed by atoms with Crippen LogP contribution in [0.4, 0.5) is 20.3 Å². The zero-order valence-electron chi connectivity index (χ0n) is 11.3. The van der Waals surface area contributed by atoms with E-state index in [2.05, 4.69) is 48.0 Å². The van der Waals surface area contributed by atoms with E-state index < -0.39 is 11.5 Å². The van der Waals surface area contributed by atoms with Gasteiger partial charge in [0.05, 0.1) is 10.0 Å². The van der Waals surface area contributed by atoms with Crippen molar-refractivity contribution in [2.45, 2.75) is 5.57 Å². The average Bonchev–Trinajstić information content (AvgIpc) is 2.47. The molecule has 4 N–H and O–H groups in total. The van der Waals surface area contributed by atoms with Gasteiger partial charge in [-0.1, -0.05) is 0 Å². The highest BCUT2D eigenvalue weighted by Crippen LogP contribution is 2.26. The van der Waals surface area contributed by atoms with Crippen molar-refractivity contribution in [3.63, 3.8) is 0 Å². The Kier molecular flexibility index (Phi) is 5.34. The smallest absolute Gasteiger partial charge is 0.420 e. The number of carbonyl (C=O) groups is 1. The number of nitrogen functional groups attached to an aromatic ring is 1. The van der Waals surface area contributed by atoms with Crippen molar-refractivity contribution in [3.05, 3.63) is 46.6 Å². The second-order valence-corrected chi connectivity index (χ2v) is 5.52. The zero-order chi connectivity index (χ0) is 17.0. The van der Waals surface area contributed by atoms with Crippen LogP contribution < -0.4 is 21.3 Å². The number of amides is 1. The van der Waals surface area contributed by atoms with E-state index in [1.807, 2.05) is 0 Å². The number of hydrogen-bond acceptors (Lipinski definition) is 5. The molecule has 0 bridgehead atoms. The van der Waals surface area contributed by atoms with Crippen molar-refractivity contribution in [2.75, 3.05) is 10.7 Å². The van der Waals surface area contributed by atoms with Crippen molar-refractivity contribution >= 4 is 44.9 Å². The van der Waals surface area contributed by atoms with Crippen LogP contribution in [0.5, 0.6) is 5.75 Å². The third-order valence-electron chi connectivity index (χ3n) is 2.59. The number of nitrogens with two attached hydrogens (primary N) is 1. The first-order valence-electron chi connectivity index (χ1n) is 6.08. The zero-order valence-corrected chi connectivity index (χ0v) is 13.7. The van der Waals surface area contributed by atoms with Gasteiger partial charge in [0.1, 0.15) is 5.75 Å². The van der Waals surface area contributed by atoms with Gasteiger partial charge < -0.3 is 15.5 Å². The van der Waals surface area contributed by atoms with Crippen molar-refractivity contribution in [2.24, 2.45) is 5.84 Å². The predicted molar refractivity (Wildman–Crippen MR) is 85.6 cm³/mol. The van der Waals surface area contributed by atoms with E-state index in [0.29, 0.717) is 16.0 Å². The lowest BCUT2D eigenvalue weighted by atomic mass is 10.2. The lowest BCUT2D eigenvalue weighted by molar-refractivity contribution is -0.0964. The number of carbonyl (C=O) groups excluding carboxylic acids is 1. The molecule has 0 unspecified atom stereocenters. The van der Waals surface area contributed by atoms with Gasteiger partial charge in [-0.25, -0.2) is 10.8 Å². The fourth-order valence-electron chi connectivity index (χ4n) is 1.61. The number of hydrogen-bond donors (Lipinski definition) is 3. The second-order valence-electron chi connectivity index (χ2n) is 4.23. The molecule has 0 spiro atoms. The topological polar surface area (TPSA) is 89.3 Å². The molecule has 0 fully saturated rings. The average molecular weight is 408 g/mol. The maximum atomic E-state index is 12.5. The molecule has 1 amide bonds. The van der Waals surface area contributed by atoms with Crippen LogP contribution in [0.25, 0.3) is 0 Å². The standard InChI is InChI=1S/C13H10BrClF2N4O2/c14-10-5-7(6-19-11(10)21-18)12(22)20-8-1-3-9(4-2-8)23-13(15,16)17/h1-6H,18H2,(H,19,21)(H,20,22). The van der Waals surface area contributed by atoms with Gasteiger partial charge in [-0.3, -0.25) is 4.79 Å². The molecule has 6 nitrogen and oxygen atoms in total. The number of hydrazine groups is 1. The molecule has 0 saturated carbocycles. The number of halogens is 4. The molecule has 2 aromatic rings. The van der Waals surface area contributed by atoms with Crippen LogP contribution >= 0.6 is 27.5 Å². The molecule has 2 rings (SSSR count). The number of nitrogens with zero attached hydrogens (tertiary/aromatic N) is 1. The summed E-state index contributed by atoms with van der Waals surface area (Å²) in [6.45, 7) is 0. The molecule has 10 heteroatoms. The fourth-order valence-corrected chi connectivity index (χ4v) is 2.16. The number of benzene rings is 1. The Balaban J connectivity index is 2.07. The Bertz CT molecular complexity index is 710. The molecule has 0 aliphatic rings. The first kappa shape index (κ1) is 17.4. The van der Waals surface area contributed by atoms with E-state index in [-0.39, 0.29) is 11.3 Å². The lowest BCUT2D eigenvalue weighted by Gasteiger charge is -2.11. The van der Waals surface area contributed by atoms with Gasteiger partial charge in [-0.15, -0.1) is 8.78 Å². The van der Waals surface area contributed by atoms with E-state index >= 15 is 0 Å². The first-order chi connectivity index (χ1) is 10.8. The molecule has 1 aromatic carbocycles. The Morgan fingerprint density at radius 2 is 2.00 bits per heavy atom. The Morgan fingerprint density at radius 1 is 1.35 bits per heavy atom. The summed E-state index contributed by atoms with van der Waals surface area (Å²) in [5.41, 5.74) is -0.762. The van der Waals surface area contributed by atoms with Gasteiger partial charge in [0.2, 0.25) is 0 Å². The fraction of sp³-hybridized carbons (Fsp3) is 0.0769. The van der Waals surface area contributed by atoms with Crippen LogP contribution in [-0.2, 0) is 0 Å². The quantitative estimate of drug-likeness (QED) is 0.401. The van der Waals surface area contributed by atoms with E-state index in [0.717, 1.165) is 0 Å². The molecule has 1 aromatic heterocycles. The van der Waals surface area contributed by atoms with Gasteiger partial charge in [0.25, 0.3) is 5.91 Å². The number of nitrogens with one attached hydrogen (secondary N) is 2. The third-order valence-corrected chi connectivity index (χ3v) is 3.27. The first-order valence-corrected chi connectivity index (χ1v) is 7.25. The maximum Gasteiger partial charge on any atom is 0.487 e. The van der Waals surface area contributed by atoms with Crippen molar-refractivity contribution in [1.82, 2.24) is 4.98 Å². The minimum absolute atomic E-state index is 0.134. The SMILES string of the molecule is NNc1ncc(C(=O)Nc2ccc(OC(F)(F)Cl)cc2)cc1Br. The second kappa shape index (κ2) is 7.07. The summed E-state index contributed by atoms with van der Waals surface area (Å²) < 4.78 is 29.7. The Hall–Kier alpha value is -1.97. The number of anilines is 2. The van der Waals surface area contributed by atoms with Crippen LogP contribution in [0.15, 0.2) is 41.0 Å². The molecule has 1 heterocycles. The predicted octanol–water partition coefficient (Wildman–Crippen LogP) is 3.55. The van der Waals surface area contributed by atoms with Gasteiger partial charge in [0, 0.05) is 23.5 Å². The molecular weight excluding hydrogens is 398 g/mol. The molecule has 0 atom stereocenters. The molecular formula is C13H10BrClF2N4O2. The van der Waals surface area contributed by atoms with E-state index in [1.54, 1.807) is 0 Å². The summed E-state index contributed by atoms with van der Waals surface area (Å²) >= 11 is 7.87. The number of alkyl halides is 3. The Morgan fingerprint density at radius 3 is 2.52 bits per heavy atom. The summed E-state index contributed by atoms with van der Waals surface area (Å²) in [5, 5.41) is 2.59. The van der Waals surface area contributed by atoms with Gasteiger partial charge in [0.15, 0.2) is 5.82 Å². The van der Waals surface area contributed by atoms with Gasteiger partial charge in [-0.05, 0) is 46.3 Å². The van der Waals surface area contributed by atoms with Crippen LogP contribution in [0.3, 0.4) is 0 Å². The number of ether oxygens (including phenoxy) is 1. The molecule has 0 radical (unpaired) electrons. The molecule has 0 aliphatic heterocycles. The third kappa shape index (κ3) is 5.02. The van der Waals surface area contributed by atoms with Crippen LogP contribution in [0.1, 0.15) is 10.4 Å². The van der Waals surface area contributed by atoms with Gasteiger partial charge >= 0.3 is 5.57 Å². The summed E-state index contributed by atoms with van der Waals surface area (Å²) in [7, 11) is 0. The number of rotatable bonds is 5. The minimum Gasteiger partial charge on any atom is -0.420 e. The summed E-state index contributed by atoms with van der Waals surface area (Å²) in [5.74, 6) is 5.05. The summed E-state index contributed by atoms with van der Waals surface area (Å²) in [6.07, 6.45) is 1.33. The van der Waals surface area contributed by atoms with E-state index in [1.165, 1.54) is 36.5 Å². The summed E-state index contributed by atoms with van der Waals surface area (Å²) in [4.78, 5) is 16.0. The van der Waals surface area contributed by atoms with Crippen LogP contribution in [-0.4, -0.2) is 16.5 Å². The largest absolute Gasteiger partial charge is 0.487 e. The van der Waals surface area contributed by atoms with Crippen LogP contribution in [0.2, 0.25) is 0 Å². The van der Waals surface area contributed by atoms with Crippen molar-refractivity contribution in [1.29, 1.82) is 0 Å². The van der Waals surface area contributed by atoms with Gasteiger partial charge in [-0.2, -0.15) is 0 Å². The van der Waals surface area contributed by atoms with E-state index in [9.17, 15) is 13.6 Å². The molecule has 0 aliphatic carbocycles. The Labute approximate surface area is 143 Å². The number of aromatic nitrogens is 1. The highest BCUT2D eigenvalue weighted by atomic mass is 79.9. The summed E-state index contributed by atoms with van der Waals surface area (Å²) in [6, 6.07) is 6.83. The number of pyridine rings is 1. The molecule has 0 saturated heterocycles. The molecule has 122 valence electrons. The molecule has 23 heavy (non-hydrogen) atoms. The van der Waals surface area contributed by atoms with Crippen molar-refractivity contribution < 1.29 is 18.3 Å². The highest BCUT2D eigenvalue weighted by Gasteiger charge is 2.27. The highest BCUT2D eigenvalue weighted by molar-refractivity contribution is 9.10. The minimum atomic E-state index is -3.79. The maximum absolute atomic E-state index is 12.5. The van der Waals surface area contributed by atoms with Crippen molar-refractivity contribution in [3.8, 4) is 5.75 Å².